The first-order chi connectivity index (χ1) is 6.20. The third-order valence-corrected chi connectivity index (χ3v) is 2.17. The van der Waals surface area contributed by atoms with Crippen molar-refractivity contribution < 1.29 is 9.52 Å². The highest BCUT2D eigenvalue weighted by Crippen LogP contribution is 2.32. The molecule has 1 aromatic heterocycles. The Morgan fingerprint density at radius 3 is 2.69 bits per heavy atom. The van der Waals surface area contributed by atoms with E-state index in [-0.39, 0.29) is 11.5 Å². The summed E-state index contributed by atoms with van der Waals surface area (Å²) in [4.78, 5) is 0. The lowest BCUT2D eigenvalue weighted by atomic mass is 10.2. The number of benzene rings is 1. The fraction of sp³-hybridized carbons (Fsp3) is 0. The molecule has 2 aromatic rings. The number of hydrogen-bond donors (Lipinski definition) is 1. The van der Waals surface area contributed by atoms with Crippen molar-refractivity contribution in [1.82, 2.24) is 0 Å². The van der Waals surface area contributed by atoms with Gasteiger partial charge in [0.15, 0.2) is 11.5 Å². The SMILES string of the molecule is C=C(O)c1oc2ccccc2c1Cl. The van der Waals surface area contributed by atoms with Crippen LogP contribution in [0.4, 0.5) is 0 Å². The van der Waals surface area contributed by atoms with E-state index < -0.39 is 0 Å². The van der Waals surface area contributed by atoms with E-state index in [1.807, 2.05) is 18.2 Å². The average molecular weight is 195 g/mol. The van der Waals surface area contributed by atoms with Crippen LogP contribution in [0, 0.1) is 0 Å². The minimum absolute atomic E-state index is 0.152. The second kappa shape index (κ2) is 2.82. The van der Waals surface area contributed by atoms with Gasteiger partial charge in [0.2, 0.25) is 0 Å². The minimum atomic E-state index is -0.152. The van der Waals surface area contributed by atoms with Crippen molar-refractivity contribution in [3.63, 3.8) is 0 Å². The lowest BCUT2D eigenvalue weighted by Crippen LogP contribution is -1.74. The molecule has 0 unspecified atom stereocenters. The van der Waals surface area contributed by atoms with Crippen molar-refractivity contribution in [1.29, 1.82) is 0 Å². The van der Waals surface area contributed by atoms with E-state index in [0.717, 1.165) is 5.39 Å². The van der Waals surface area contributed by atoms with Crippen LogP contribution in [0.25, 0.3) is 16.7 Å². The number of halogens is 1. The zero-order valence-corrected chi connectivity index (χ0v) is 7.51. The Hall–Kier alpha value is -1.41. The lowest BCUT2D eigenvalue weighted by molar-refractivity contribution is 0.473. The second-order valence-electron chi connectivity index (χ2n) is 2.69. The van der Waals surface area contributed by atoms with E-state index in [4.69, 9.17) is 21.1 Å². The number of furan rings is 1. The van der Waals surface area contributed by atoms with Crippen LogP contribution in [0.3, 0.4) is 0 Å². The van der Waals surface area contributed by atoms with Gasteiger partial charge in [-0.15, -0.1) is 0 Å². The first kappa shape index (κ1) is 8.20. The molecule has 0 aliphatic heterocycles. The summed E-state index contributed by atoms with van der Waals surface area (Å²) in [6.07, 6.45) is 0. The first-order valence-electron chi connectivity index (χ1n) is 3.75. The molecule has 0 saturated carbocycles. The molecule has 0 aliphatic carbocycles. The molecule has 1 heterocycles. The quantitative estimate of drug-likeness (QED) is 0.704. The summed E-state index contributed by atoms with van der Waals surface area (Å²) in [5.41, 5.74) is 0.651. The van der Waals surface area contributed by atoms with Gasteiger partial charge in [0, 0.05) is 5.39 Å². The Bertz CT molecular complexity index is 471. The summed E-state index contributed by atoms with van der Waals surface area (Å²) in [6.45, 7) is 3.36. The molecule has 13 heavy (non-hydrogen) atoms. The molecular formula is C10H7ClO2. The summed E-state index contributed by atoms with van der Waals surface area (Å²) in [5.74, 6) is 0.0871. The molecule has 0 aliphatic rings. The molecule has 1 N–H and O–H groups in total. The molecule has 0 spiro atoms. The second-order valence-corrected chi connectivity index (χ2v) is 3.07. The highest BCUT2D eigenvalue weighted by molar-refractivity contribution is 6.36. The van der Waals surface area contributed by atoms with E-state index in [1.165, 1.54) is 0 Å². The summed E-state index contributed by atoms with van der Waals surface area (Å²) >= 11 is 5.94. The zero-order chi connectivity index (χ0) is 9.42. The van der Waals surface area contributed by atoms with E-state index in [0.29, 0.717) is 10.6 Å². The molecule has 66 valence electrons. The Balaban J connectivity index is 2.81. The predicted octanol–water partition coefficient (Wildman–Crippen LogP) is 3.61. The van der Waals surface area contributed by atoms with Crippen LogP contribution < -0.4 is 0 Å². The maximum absolute atomic E-state index is 9.13. The van der Waals surface area contributed by atoms with Gasteiger partial charge >= 0.3 is 0 Å². The first-order valence-corrected chi connectivity index (χ1v) is 4.13. The van der Waals surface area contributed by atoms with Crippen LogP contribution in [-0.2, 0) is 0 Å². The smallest absolute Gasteiger partial charge is 0.187 e. The van der Waals surface area contributed by atoms with Gasteiger partial charge in [-0.1, -0.05) is 30.3 Å². The lowest BCUT2D eigenvalue weighted by Gasteiger charge is -1.90. The number of aliphatic hydroxyl groups is 1. The molecule has 0 amide bonds. The van der Waals surface area contributed by atoms with E-state index >= 15 is 0 Å². The van der Waals surface area contributed by atoms with Crippen LogP contribution >= 0.6 is 11.6 Å². The number of para-hydroxylation sites is 1. The van der Waals surface area contributed by atoms with Crippen LogP contribution in [0.2, 0.25) is 5.02 Å². The van der Waals surface area contributed by atoms with Crippen LogP contribution in [-0.4, -0.2) is 5.11 Å². The minimum Gasteiger partial charge on any atom is -0.505 e. The topological polar surface area (TPSA) is 33.4 Å². The monoisotopic (exact) mass is 194 g/mol. The average Bonchev–Trinajstić information content (AvgIpc) is 2.45. The molecule has 3 heteroatoms. The Morgan fingerprint density at radius 2 is 2.08 bits per heavy atom. The molecule has 0 atom stereocenters. The van der Waals surface area contributed by atoms with Gasteiger partial charge in [0.1, 0.15) is 5.58 Å². The van der Waals surface area contributed by atoms with Gasteiger partial charge in [0.25, 0.3) is 0 Å². The van der Waals surface area contributed by atoms with Gasteiger partial charge in [-0.25, -0.2) is 0 Å². The van der Waals surface area contributed by atoms with E-state index in [1.54, 1.807) is 6.07 Å². The fourth-order valence-electron chi connectivity index (χ4n) is 1.20. The van der Waals surface area contributed by atoms with Crippen LogP contribution in [0.15, 0.2) is 35.3 Å². The molecule has 0 bridgehead atoms. The predicted molar refractivity (Wildman–Crippen MR) is 52.9 cm³/mol. The van der Waals surface area contributed by atoms with Gasteiger partial charge < -0.3 is 9.52 Å². The highest BCUT2D eigenvalue weighted by atomic mass is 35.5. The zero-order valence-electron chi connectivity index (χ0n) is 6.75. The van der Waals surface area contributed by atoms with Gasteiger partial charge in [0.05, 0.1) is 5.02 Å². The third kappa shape index (κ3) is 1.19. The molecular weight excluding hydrogens is 188 g/mol. The highest BCUT2D eigenvalue weighted by Gasteiger charge is 2.13. The molecule has 1 aromatic carbocycles. The number of fused-ring (bicyclic) bond motifs is 1. The number of hydrogen-bond acceptors (Lipinski definition) is 2. The van der Waals surface area contributed by atoms with Crippen LogP contribution in [0.5, 0.6) is 0 Å². The largest absolute Gasteiger partial charge is 0.505 e. The molecule has 2 rings (SSSR count). The maximum Gasteiger partial charge on any atom is 0.187 e. The summed E-state index contributed by atoms with van der Waals surface area (Å²) in [6, 6.07) is 7.31. The summed E-state index contributed by atoms with van der Waals surface area (Å²) in [5, 5.41) is 10.3. The van der Waals surface area contributed by atoms with Gasteiger partial charge in [-0.2, -0.15) is 0 Å². The summed E-state index contributed by atoms with van der Waals surface area (Å²) in [7, 11) is 0. The van der Waals surface area contributed by atoms with E-state index in [9.17, 15) is 0 Å². The van der Waals surface area contributed by atoms with Crippen molar-refractivity contribution >= 4 is 28.3 Å². The van der Waals surface area contributed by atoms with Gasteiger partial charge in [-0.05, 0) is 12.1 Å². The number of aliphatic hydroxyl groups excluding tert-OH is 1. The fourth-order valence-corrected chi connectivity index (χ4v) is 1.50. The Morgan fingerprint density at radius 1 is 1.38 bits per heavy atom. The molecule has 0 fully saturated rings. The number of rotatable bonds is 1. The van der Waals surface area contributed by atoms with Crippen molar-refractivity contribution in [2.24, 2.45) is 0 Å². The van der Waals surface area contributed by atoms with Crippen molar-refractivity contribution in [2.45, 2.75) is 0 Å². The third-order valence-electron chi connectivity index (χ3n) is 1.80. The molecule has 0 radical (unpaired) electrons. The maximum atomic E-state index is 9.13. The van der Waals surface area contributed by atoms with Crippen molar-refractivity contribution in [3.8, 4) is 0 Å². The van der Waals surface area contributed by atoms with E-state index in [2.05, 4.69) is 6.58 Å². The van der Waals surface area contributed by atoms with Crippen molar-refractivity contribution in [3.05, 3.63) is 41.6 Å². The molecule has 0 saturated heterocycles. The standard InChI is InChI=1S/C10H7ClO2/c1-6(12)10-9(11)7-4-2-3-5-8(7)13-10/h2-5,12H,1H2. The Labute approximate surface area is 80.0 Å². The normalized spacial score (nSPS) is 10.5. The van der Waals surface area contributed by atoms with Crippen molar-refractivity contribution in [2.75, 3.05) is 0 Å². The summed E-state index contributed by atoms with van der Waals surface area (Å²) < 4.78 is 5.28. The van der Waals surface area contributed by atoms with Crippen LogP contribution in [0.1, 0.15) is 5.76 Å². The Kier molecular flexibility index (Phi) is 1.78. The van der Waals surface area contributed by atoms with Gasteiger partial charge in [-0.3, -0.25) is 0 Å². The molecule has 2 nitrogen and oxygen atoms in total.